The Hall–Kier alpha value is 0.973. The zero-order valence-electron chi connectivity index (χ0n) is 18.5. The molecule has 172 valence electrons. The predicted molar refractivity (Wildman–Crippen MR) is 118 cm³/mol. The molecule has 0 aromatic heterocycles. The van der Waals surface area contributed by atoms with Crippen LogP contribution in [0.25, 0.3) is 0 Å². The average Bonchev–Trinajstić information content (AvgIpc) is 3.23. The van der Waals surface area contributed by atoms with Gasteiger partial charge in [0.05, 0.1) is 0 Å². The van der Waals surface area contributed by atoms with E-state index in [-0.39, 0.29) is 44.3 Å². The van der Waals surface area contributed by atoms with E-state index in [4.69, 9.17) is 0 Å². The van der Waals surface area contributed by atoms with Gasteiger partial charge in [-0.2, -0.15) is 0 Å². The van der Waals surface area contributed by atoms with E-state index in [1.807, 2.05) is 0 Å². The summed E-state index contributed by atoms with van der Waals surface area (Å²) in [6.07, 6.45) is 19.7. The summed E-state index contributed by atoms with van der Waals surface area (Å²) in [4.78, 5) is 0. The maximum Gasteiger partial charge on any atom is 2.00 e. The SMILES string of the molecule is CC1C(=C2NCCN2)CCCC1[PH](C)(C1CCCCC1)C1CCCCC1.[Cl-].[Cl-].[Ru+2]. The zero-order valence-corrected chi connectivity index (χ0v) is 22.8. The maximum atomic E-state index is 3.67. The van der Waals surface area contributed by atoms with Crippen molar-refractivity contribution >= 4 is 7.26 Å². The van der Waals surface area contributed by atoms with Gasteiger partial charge in [-0.15, -0.1) is 0 Å². The Morgan fingerprint density at radius 1 is 0.724 bits per heavy atom. The van der Waals surface area contributed by atoms with E-state index >= 15 is 0 Å². The van der Waals surface area contributed by atoms with Gasteiger partial charge in [0.1, 0.15) is 0 Å². The van der Waals surface area contributed by atoms with Gasteiger partial charge in [-0.25, -0.2) is 0 Å². The normalized spacial score (nSPS) is 29.6. The molecule has 4 rings (SSSR count). The first-order chi connectivity index (χ1) is 12.7. The zero-order chi connectivity index (χ0) is 18.0. The van der Waals surface area contributed by atoms with Crippen LogP contribution in [-0.2, 0) is 19.5 Å². The van der Waals surface area contributed by atoms with Crippen molar-refractivity contribution in [3.05, 3.63) is 11.4 Å². The summed E-state index contributed by atoms with van der Waals surface area (Å²) >= 11 is 0. The third-order valence-electron chi connectivity index (χ3n) is 8.93. The second-order valence-electron chi connectivity index (χ2n) is 10.1. The molecule has 0 spiro atoms. The third kappa shape index (κ3) is 5.86. The van der Waals surface area contributed by atoms with Gasteiger partial charge in [-0.1, -0.05) is 0 Å². The second kappa shape index (κ2) is 12.9. The average molecular weight is 551 g/mol. The molecule has 0 aromatic rings. The molecule has 0 radical (unpaired) electrons. The minimum Gasteiger partial charge on any atom is -1.00 e. The fourth-order valence-electron chi connectivity index (χ4n) is 7.49. The van der Waals surface area contributed by atoms with Gasteiger partial charge >= 0.3 is 182 Å². The van der Waals surface area contributed by atoms with E-state index in [0.29, 0.717) is 0 Å². The minimum absolute atomic E-state index is 0. The van der Waals surface area contributed by atoms with Gasteiger partial charge in [0.15, 0.2) is 0 Å². The first-order valence-corrected chi connectivity index (χ1v) is 14.6. The van der Waals surface area contributed by atoms with E-state index in [2.05, 4.69) is 24.2 Å². The molecule has 2 atom stereocenters. The van der Waals surface area contributed by atoms with Crippen molar-refractivity contribution in [2.45, 2.75) is 107 Å². The first-order valence-electron chi connectivity index (χ1n) is 11.9. The Balaban J connectivity index is 0.00000140. The van der Waals surface area contributed by atoms with Crippen LogP contribution >= 0.6 is 7.26 Å². The Kier molecular flexibility index (Phi) is 12.4. The van der Waals surface area contributed by atoms with Crippen LogP contribution in [0.1, 0.15) is 90.4 Å². The van der Waals surface area contributed by atoms with E-state index in [1.165, 1.54) is 63.6 Å². The van der Waals surface area contributed by atoms with Gasteiger partial charge in [-0.3, -0.25) is 0 Å². The summed E-state index contributed by atoms with van der Waals surface area (Å²) < 4.78 is 0. The first kappa shape index (κ1) is 28.0. The molecule has 4 aliphatic rings. The second-order valence-corrected chi connectivity index (χ2v) is 15.2. The molecule has 0 bridgehead atoms. The van der Waals surface area contributed by atoms with Crippen LogP contribution in [-0.4, -0.2) is 36.7 Å². The molecule has 3 saturated carbocycles. The van der Waals surface area contributed by atoms with Crippen LogP contribution in [0.4, 0.5) is 0 Å². The van der Waals surface area contributed by atoms with Gasteiger partial charge in [0.25, 0.3) is 0 Å². The van der Waals surface area contributed by atoms with Crippen molar-refractivity contribution in [2.24, 2.45) is 5.92 Å². The number of rotatable bonds is 3. The van der Waals surface area contributed by atoms with Gasteiger partial charge in [0, 0.05) is 0 Å². The van der Waals surface area contributed by atoms with Crippen LogP contribution in [0, 0.1) is 5.92 Å². The largest absolute Gasteiger partial charge is 2.00 e. The fraction of sp³-hybridized carbons (Fsp3) is 0.913. The molecule has 1 saturated heterocycles. The molecule has 0 amide bonds. The van der Waals surface area contributed by atoms with Crippen molar-refractivity contribution in [2.75, 3.05) is 19.8 Å². The van der Waals surface area contributed by atoms with Crippen molar-refractivity contribution in [1.29, 1.82) is 0 Å². The number of hydrogen-bond donors (Lipinski definition) is 2. The van der Waals surface area contributed by atoms with Crippen LogP contribution < -0.4 is 35.4 Å². The molecule has 4 fully saturated rings. The summed E-state index contributed by atoms with van der Waals surface area (Å²) in [5.74, 6) is 2.25. The standard InChI is InChI=1S/C23H43N2P.2ClH.Ru/c1-18-21(23-24-16-17-25-23)14-9-15-22(18)26(2,19-10-5-3-6-11-19)20-12-7-4-8-13-20;;;/h18-20,22,24-26H,3-17H2,1-2H3;2*1H;/q;;;+2/p-2. The van der Waals surface area contributed by atoms with Gasteiger partial charge in [0.2, 0.25) is 0 Å². The van der Waals surface area contributed by atoms with Crippen LogP contribution in [0.2, 0.25) is 0 Å². The Labute approximate surface area is 205 Å². The topological polar surface area (TPSA) is 24.1 Å². The van der Waals surface area contributed by atoms with E-state index in [1.54, 1.807) is 31.3 Å². The number of hydrogen-bond acceptors (Lipinski definition) is 2. The maximum absolute atomic E-state index is 3.67. The van der Waals surface area contributed by atoms with E-state index < -0.39 is 7.26 Å². The Morgan fingerprint density at radius 3 is 1.69 bits per heavy atom. The number of halogens is 2. The van der Waals surface area contributed by atoms with E-state index in [9.17, 15) is 0 Å². The summed E-state index contributed by atoms with van der Waals surface area (Å²) in [6.45, 7) is 7.76. The summed E-state index contributed by atoms with van der Waals surface area (Å²) in [5, 5.41) is 7.34. The fourth-order valence-corrected chi connectivity index (χ4v) is 14.8. The van der Waals surface area contributed by atoms with Gasteiger partial charge in [-0.05, 0) is 0 Å². The number of nitrogens with one attached hydrogen (secondary N) is 2. The van der Waals surface area contributed by atoms with Crippen LogP contribution in [0.15, 0.2) is 11.4 Å². The van der Waals surface area contributed by atoms with Crippen molar-refractivity contribution in [3.63, 3.8) is 0 Å². The van der Waals surface area contributed by atoms with Crippen molar-refractivity contribution in [3.8, 4) is 0 Å². The summed E-state index contributed by atoms with van der Waals surface area (Å²) in [7, 11) is -1.29. The number of allylic oxidation sites excluding steroid dienone is 1. The van der Waals surface area contributed by atoms with Gasteiger partial charge < -0.3 is 24.8 Å². The molecule has 1 aliphatic heterocycles. The quantitative estimate of drug-likeness (QED) is 0.371. The predicted octanol–water partition coefficient (Wildman–Crippen LogP) is -0.370. The van der Waals surface area contributed by atoms with Crippen molar-refractivity contribution in [1.82, 2.24) is 10.6 Å². The smallest absolute Gasteiger partial charge is 1.00 e. The third-order valence-corrected chi connectivity index (χ3v) is 16.0. The van der Waals surface area contributed by atoms with Crippen LogP contribution in [0.5, 0.6) is 0 Å². The molecule has 2 N–H and O–H groups in total. The van der Waals surface area contributed by atoms with E-state index in [0.717, 1.165) is 36.0 Å². The molecule has 2 unspecified atom stereocenters. The molecule has 1 heterocycles. The molecule has 3 aliphatic carbocycles. The molecule has 6 heteroatoms. The van der Waals surface area contributed by atoms with Crippen molar-refractivity contribution < 1.29 is 44.3 Å². The monoisotopic (exact) mass is 550 g/mol. The summed E-state index contributed by atoms with van der Waals surface area (Å²) in [6, 6.07) is 0. The Bertz CT molecular complexity index is 493. The molecular formula is C23H43Cl2N2PRu. The summed E-state index contributed by atoms with van der Waals surface area (Å²) in [5.41, 5.74) is 5.06. The minimum atomic E-state index is -1.29. The molecule has 29 heavy (non-hydrogen) atoms. The molecular weight excluding hydrogens is 507 g/mol. The van der Waals surface area contributed by atoms with Crippen LogP contribution in [0.3, 0.4) is 0 Å². The Morgan fingerprint density at radius 2 is 1.21 bits per heavy atom. The molecule has 2 nitrogen and oxygen atoms in total. The molecule has 0 aromatic carbocycles.